The topological polar surface area (TPSA) is 67.9 Å². The van der Waals surface area contributed by atoms with Gasteiger partial charge in [0.1, 0.15) is 5.75 Å². The maximum Gasteiger partial charge on any atom is 0.226 e. The summed E-state index contributed by atoms with van der Waals surface area (Å²) in [6, 6.07) is 7.57. The first-order chi connectivity index (χ1) is 12.7. The minimum Gasteiger partial charge on any atom is -0.497 e. The zero-order valence-electron chi connectivity index (χ0n) is 15.4. The Labute approximate surface area is 154 Å². The van der Waals surface area contributed by atoms with Gasteiger partial charge in [-0.1, -0.05) is 12.1 Å². The van der Waals surface area contributed by atoms with E-state index in [9.17, 15) is 9.59 Å². The predicted octanol–water partition coefficient (Wildman–Crippen LogP) is 1.77. The highest BCUT2D eigenvalue weighted by molar-refractivity contribution is 5.81. The molecule has 3 rings (SSSR count). The molecule has 0 spiro atoms. The van der Waals surface area contributed by atoms with Crippen molar-refractivity contribution < 1.29 is 19.1 Å². The van der Waals surface area contributed by atoms with Crippen LogP contribution in [0.4, 0.5) is 0 Å². The van der Waals surface area contributed by atoms with E-state index in [1.807, 2.05) is 29.2 Å². The Kier molecular flexibility index (Phi) is 6.50. The molecular weight excluding hydrogens is 332 g/mol. The molecule has 2 fully saturated rings. The molecule has 1 N–H and O–H groups in total. The third-order valence-corrected chi connectivity index (χ3v) is 5.26. The van der Waals surface area contributed by atoms with Crippen LogP contribution in [0.3, 0.4) is 0 Å². The highest BCUT2D eigenvalue weighted by Crippen LogP contribution is 2.19. The molecule has 0 aromatic heterocycles. The van der Waals surface area contributed by atoms with Crippen molar-refractivity contribution in [1.29, 1.82) is 0 Å². The van der Waals surface area contributed by atoms with Gasteiger partial charge in [0, 0.05) is 32.2 Å². The first-order valence-corrected chi connectivity index (χ1v) is 9.45. The summed E-state index contributed by atoms with van der Waals surface area (Å²) >= 11 is 0. The van der Waals surface area contributed by atoms with E-state index in [2.05, 4.69) is 5.32 Å². The largest absolute Gasteiger partial charge is 0.497 e. The summed E-state index contributed by atoms with van der Waals surface area (Å²) in [5.41, 5.74) is 0.979. The Morgan fingerprint density at radius 1 is 1.19 bits per heavy atom. The van der Waals surface area contributed by atoms with Crippen LogP contribution < -0.4 is 10.1 Å². The van der Waals surface area contributed by atoms with Crippen LogP contribution in [0.2, 0.25) is 0 Å². The van der Waals surface area contributed by atoms with Crippen molar-refractivity contribution in [1.82, 2.24) is 10.2 Å². The monoisotopic (exact) mass is 360 g/mol. The SMILES string of the molecule is COc1ccc(CC(=O)N2CCC(C(=O)NCC3CCCO3)CC2)cc1. The molecule has 0 bridgehead atoms. The summed E-state index contributed by atoms with van der Waals surface area (Å²) < 4.78 is 10.7. The average Bonchev–Trinajstić information content (AvgIpc) is 3.20. The van der Waals surface area contributed by atoms with Crippen molar-refractivity contribution in [2.24, 2.45) is 5.92 Å². The molecule has 1 atom stereocenters. The zero-order valence-corrected chi connectivity index (χ0v) is 15.4. The molecule has 1 aromatic carbocycles. The average molecular weight is 360 g/mol. The standard InChI is InChI=1S/C20H28N2O4/c1-25-17-6-4-15(5-7-17)13-19(23)22-10-8-16(9-11-22)20(24)21-14-18-3-2-12-26-18/h4-7,16,18H,2-3,8-14H2,1H3,(H,21,24). The quantitative estimate of drug-likeness (QED) is 0.840. The lowest BCUT2D eigenvalue weighted by Crippen LogP contribution is -2.44. The maximum atomic E-state index is 12.5. The Morgan fingerprint density at radius 2 is 1.92 bits per heavy atom. The maximum absolute atomic E-state index is 12.5. The number of methoxy groups -OCH3 is 1. The van der Waals surface area contributed by atoms with Crippen molar-refractivity contribution in [3.05, 3.63) is 29.8 Å². The van der Waals surface area contributed by atoms with Gasteiger partial charge >= 0.3 is 0 Å². The van der Waals surface area contributed by atoms with Crippen LogP contribution in [0.25, 0.3) is 0 Å². The predicted molar refractivity (Wildman–Crippen MR) is 98.0 cm³/mol. The molecule has 2 aliphatic rings. The van der Waals surface area contributed by atoms with Gasteiger partial charge < -0.3 is 19.7 Å². The number of nitrogens with one attached hydrogen (secondary N) is 1. The number of likely N-dealkylation sites (tertiary alicyclic amines) is 1. The Morgan fingerprint density at radius 3 is 2.54 bits per heavy atom. The first-order valence-electron chi connectivity index (χ1n) is 9.45. The van der Waals surface area contributed by atoms with Gasteiger partial charge in [-0.3, -0.25) is 9.59 Å². The van der Waals surface area contributed by atoms with Crippen molar-refractivity contribution in [2.45, 2.75) is 38.2 Å². The van der Waals surface area contributed by atoms with Crippen LogP contribution in [-0.4, -0.2) is 56.2 Å². The van der Waals surface area contributed by atoms with E-state index in [1.165, 1.54) is 0 Å². The van der Waals surface area contributed by atoms with E-state index in [4.69, 9.17) is 9.47 Å². The van der Waals surface area contributed by atoms with Gasteiger partial charge in [-0.15, -0.1) is 0 Å². The fourth-order valence-corrected chi connectivity index (χ4v) is 3.58. The summed E-state index contributed by atoms with van der Waals surface area (Å²) in [5, 5.41) is 3.01. The van der Waals surface area contributed by atoms with Gasteiger partial charge in [0.05, 0.1) is 19.6 Å². The molecule has 26 heavy (non-hydrogen) atoms. The van der Waals surface area contributed by atoms with E-state index in [0.29, 0.717) is 26.1 Å². The van der Waals surface area contributed by atoms with Crippen molar-refractivity contribution >= 4 is 11.8 Å². The fourth-order valence-electron chi connectivity index (χ4n) is 3.58. The molecule has 142 valence electrons. The summed E-state index contributed by atoms with van der Waals surface area (Å²) in [5.74, 6) is 1.01. The fraction of sp³-hybridized carbons (Fsp3) is 0.600. The molecule has 0 radical (unpaired) electrons. The Balaban J connectivity index is 1.40. The minimum atomic E-state index is 0.00133. The minimum absolute atomic E-state index is 0.00133. The van der Waals surface area contributed by atoms with Gasteiger partial charge in [-0.05, 0) is 43.4 Å². The summed E-state index contributed by atoms with van der Waals surface area (Å²) in [4.78, 5) is 26.6. The third-order valence-electron chi connectivity index (χ3n) is 5.26. The number of ether oxygens (including phenoxy) is 2. The van der Waals surface area contributed by atoms with E-state index < -0.39 is 0 Å². The number of carbonyl (C=O) groups excluding carboxylic acids is 2. The molecule has 1 unspecified atom stereocenters. The summed E-state index contributed by atoms with van der Waals surface area (Å²) in [6.07, 6.45) is 4.12. The van der Waals surface area contributed by atoms with Crippen molar-refractivity contribution in [3.63, 3.8) is 0 Å². The molecule has 2 aliphatic heterocycles. The molecular formula is C20H28N2O4. The number of benzene rings is 1. The lowest BCUT2D eigenvalue weighted by Gasteiger charge is -2.31. The van der Waals surface area contributed by atoms with Crippen LogP contribution in [-0.2, 0) is 20.7 Å². The second-order valence-electron chi connectivity index (χ2n) is 7.06. The number of amides is 2. The normalized spacial score (nSPS) is 20.8. The second kappa shape index (κ2) is 9.03. The molecule has 6 nitrogen and oxygen atoms in total. The van der Waals surface area contributed by atoms with Gasteiger partial charge in [-0.2, -0.15) is 0 Å². The van der Waals surface area contributed by atoms with E-state index >= 15 is 0 Å². The number of hydrogen-bond donors (Lipinski definition) is 1. The van der Waals surface area contributed by atoms with Crippen molar-refractivity contribution in [2.75, 3.05) is 33.4 Å². The van der Waals surface area contributed by atoms with Crippen LogP contribution in [0.1, 0.15) is 31.2 Å². The van der Waals surface area contributed by atoms with Gasteiger partial charge in [0.15, 0.2) is 0 Å². The molecule has 2 amide bonds. The lowest BCUT2D eigenvalue weighted by molar-refractivity contribution is -0.135. The van der Waals surface area contributed by atoms with Crippen LogP contribution in [0.15, 0.2) is 24.3 Å². The number of nitrogens with zero attached hydrogens (tertiary/aromatic N) is 1. The molecule has 2 heterocycles. The molecule has 6 heteroatoms. The molecule has 1 aromatic rings. The van der Waals surface area contributed by atoms with E-state index in [1.54, 1.807) is 7.11 Å². The van der Waals surface area contributed by atoms with E-state index in [0.717, 1.165) is 43.6 Å². The second-order valence-corrected chi connectivity index (χ2v) is 7.06. The lowest BCUT2D eigenvalue weighted by atomic mass is 9.95. The Hall–Kier alpha value is -2.08. The smallest absolute Gasteiger partial charge is 0.226 e. The molecule has 0 aliphatic carbocycles. The molecule has 2 saturated heterocycles. The highest BCUT2D eigenvalue weighted by Gasteiger charge is 2.28. The van der Waals surface area contributed by atoms with Gasteiger partial charge in [0.2, 0.25) is 11.8 Å². The van der Waals surface area contributed by atoms with Crippen LogP contribution >= 0.6 is 0 Å². The Bertz CT molecular complexity index is 603. The third kappa shape index (κ3) is 4.97. The number of piperidine rings is 1. The van der Waals surface area contributed by atoms with Gasteiger partial charge in [0.25, 0.3) is 0 Å². The number of carbonyl (C=O) groups is 2. The number of hydrogen-bond acceptors (Lipinski definition) is 4. The summed E-state index contributed by atoms with van der Waals surface area (Å²) in [6.45, 7) is 2.70. The first kappa shape index (κ1) is 18.7. The van der Waals surface area contributed by atoms with Crippen LogP contribution in [0, 0.1) is 5.92 Å². The van der Waals surface area contributed by atoms with Crippen molar-refractivity contribution in [3.8, 4) is 5.75 Å². The molecule has 0 saturated carbocycles. The van der Waals surface area contributed by atoms with Gasteiger partial charge in [-0.25, -0.2) is 0 Å². The highest BCUT2D eigenvalue weighted by atomic mass is 16.5. The summed E-state index contributed by atoms with van der Waals surface area (Å²) in [7, 11) is 1.63. The van der Waals surface area contributed by atoms with Crippen LogP contribution in [0.5, 0.6) is 5.75 Å². The zero-order chi connectivity index (χ0) is 18.4. The number of rotatable bonds is 6. The van der Waals surface area contributed by atoms with E-state index in [-0.39, 0.29) is 23.8 Å².